The van der Waals surface area contributed by atoms with Gasteiger partial charge in [0.1, 0.15) is 0 Å². The van der Waals surface area contributed by atoms with Gasteiger partial charge in [0, 0.05) is 18.6 Å². The average molecular weight is 260 g/mol. The Kier molecular flexibility index (Phi) is 4.32. The van der Waals surface area contributed by atoms with Gasteiger partial charge in [-0.3, -0.25) is 4.90 Å². The lowest BCUT2D eigenvalue weighted by atomic mass is 9.72. The van der Waals surface area contributed by atoms with E-state index in [1.165, 1.54) is 24.0 Å². The molecule has 1 saturated carbocycles. The standard InChI is InChI=1S/C17H28N2/c1-13-7-5-6-8-14(13)12-19(4)16-11-17(2,3)10-9-15(16)18/h5-8,15-16H,9-12,18H2,1-4H3. The van der Waals surface area contributed by atoms with Crippen LogP contribution in [0.2, 0.25) is 0 Å². The van der Waals surface area contributed by atoms with Crippen LogP contribution in [0.3, 0.4) is 0 Å². The quantitative estimate of drug-likeness (QED) is 0.903. The molecule has 0 aromatic heterocycles. The van der Waals surface area contributed by atoms with Crippen LogP contribution in [-0.4, -0.2) is 24.0 Å². The molecule has 2 atom stereocenters. The molecule has 2 N–H and O–H groups in total. The van der Waals surface area contributed by atoms with Gasteiger partial charge in [-0.25, -0.2) is 0 Å². The summed E-state index contributed by atoms with van der Waals surface area (Å²) in [4.78, 5) is 2.45. The summed E-state index contributed by atoms with van der Waals surface area (Å²) in [7, 11) is 2.22. The van der Waals surface area contributed by atoms with E-state index in [0.717, 1.165) is 13.0 Å². The van der Waals surface area contributed by atoms with Crippen molar-refractivity contribution in [3.8, 4) is 0 Å². The van der Waals surface area contributed by atoms with Crippen LogP contribution in [0.25, 0.3) is 0 Å². The van der Waals surface area contributed by atoms with Crippen LogP contribution in [0, 0.1) is 12.3 Å². The van der Waals surface area contributed by atoms with Gasteiger partial charge in [-0.05, 0) is 49.8 Å². The van der Waals surface area contributed by atoms with Crippen molar-refractivity contribution >= 4 is 0 Å². The molecule has 2 heteroatoms. The van der Waals surface area contributed by atoms with E-state index in [2.05, 4.69) is 57.0 Å². The maximum absolute atomic E-state index is 6.35. The monoisotopic (exact) mass is 260 g/mol. The van der Waals surface area contributed by atoms with E-state index in [9.17, 15) is 0 Å². The molecule has 0 bridgehead atoms. The van der Waals surface area contributed by atoms with Crippen molar-refractivity contribution in [1.29, 1.82) is 0 Å². The third-order valence-electron chi connectivity index (χ3n) is 4.66. The second-order valence-electron chi connectivity index (χ2n) is 6.98. The molecule has 1 aromatic rings. The fourth-order valence-corrected chi connectivity index (χ4v) is 3.23. The van der Waals surface area contributed by atoms with Crippen LogP contribution >= 0.6 is 0 Å². The molecule has 2 unspecified atom stereocenters. The Bertz CT molecular complexity index is 425. The first-order valence-electron chi connectivity index (χ1n) is 7.39. The van der Waals surface area contributed by atoms with Gasteiger partial charge < -0.3 is 5.73 Å². The molecule has 2 rings (SSSR count). The normalized spacial score (nSPS) is 26.6. The van der Waals surface area contributed by atoms with Gasteiger partial charge in [-0.15, -0.1) is 0 Å². The Morgan fingerprint density at radius 2 is 2.00 bits per heavy atom. The lowest BCUT2D eigenvalue weighted by molar-refractivity contribution is 0.0916. The Morgan fingerprint density at radius 3 is 2.68 bits per heavy atom. The van der Waals surface area contributed by atoms with Crippen LogP contribution in [-0.2, 0) is 6.54 Å². The zero-order valence-corrected chi connectivity index (χ0v) is 12.8. The molecule has 0 spiro atoms. The van der Waals surface area contributed by atoms with E-state index in [1.54, 1.807) is 0 Å². The fourth-order valence-electron chi connectivity index (χ4n) is 3.23. The largest absolute Gasteiger partial charge is 0.326 e. The van der Waals surface area contributed by atoms with Crippen molar-refractivity contribution in [3.63, 3.8) is 0 Å². The second-order valence-corrected chi connectivity index (χ2v) is 6.98. The summed E-state index contributed by atoms with van der Waals surface area (Å²) >= 11 is 0. The highest BCUT2D eigenvalue weighted by atomic mass is 15.1. The molecule has 0 amide bonds. The Balaban J connectivity index is 2.06. The fraction of sp³-hybridized carbons (Fsp3) is 0.647. The van der Waals surface area contributed by atoms with Gasteiger partial charge >= 0.3 is 0 Å². The number of hydrogen-bond donors (Lipinski definition) is 1. The van der Waals surface area contributed by atoms with Gasteiger partial charge in [0.2, 0.25) is 0 Å². The number of benzene rings is 1. The first kappa shape index (κ1) is 14.5. The zero-order chi connectivity index (χ0) is 14.0. The predicted molar refractivity (Wildman–Crippen MR) is 82.0 cm³/mol. The van der Waals surface area contributed by atoms with E-state index in [4.69, 9.17) is 5.73 Å². The Labute approximate surface area is 118 Å². The molecule has 2 nitrogen and oxygen atoms in total. The average Bonchev–Trinajstić information content (AvgIpc) is 2.35. The summed E-state index contributed by atoms with van der Waals surface area (Å²) in [5.41, 5.74) is 9.57. The maximum atomic E-state index is 6.35. The third kappa shape index (κ3) is 3.58. The van der Waals surface area contributed by atoms with Crippen molar-refractivity contribution < 1.29 is 0 Å². The second kappa shape index (κ2) is 5.64. The number of hydrogen-bond acceptors (Lipinski definition) is 2. The summed E-state index contributed by atoms with van der Waals surface area (Å²) in [6.07, 6.45) is 3.61. The summed E-state index contributed by atoms with van der Waals surface area (Å²) in [6.45, 7) is 7.93. The highest BCUT2D eigenvalue weighted by Gasteiger charge is 2.35. The lowest BCUT2D eigenvalue weighted by Gasteiger charge is -2.43. The Hall–Kier alpha value is -0.860. The molecule has 0 heterocycles. The number of rotatable bonds is 3. The minimum atomic E-state index is 0.321. The van der Waals surface area contributed by atoms with Crippen LogP contribution < -0.4 is 5.73 Å². The van der Waals surface area contributed by atoms with Crippen molar-refractivity contribution in [2.24, 2.45) is 11.1 Å². The highest BCUT2D eigenvalue weighted by molar-refractivity contribution is 5.25. The van der Waals surface area contributed by atoms with Crippen molar-refractivity contribution in [2.75, 3.05) is 7.05 Å². The van der Waals surface area contributed by atoms with Gasteiger partial charge in [0.05, 0.1) is 0 Å². The molecule has 1 aliphatic rings. The molecule has 0 radical (unpaired) electrons. The summed E-state index contributed by atoms with van der Waals surface area (Å²) in [5, 5.41) is 0. The van der Waals surface area contributed by atoms with E-state index in [-0.39, 0.29) is 0 Å². The van der Waals surface area contributed by atoms with Crippen LogP contribution in [0.1, 0.15) is 44.2 Å². The third-order valence-corrected chi connectivity index (χ3v) is 4.66. The molecular formula is C17H28N2. The SMILES string of the molecule is Cc1ccccc1CN(C)C1CC(C)(C)CCC1N. The van der Waals surface area contributed by atoms with Crippen LogP contribution in [0.5, 0.6) is 0 Å². The molecule has 0 saturated heterocycles. The number of aryl methyl sites for hydroxylation is 1. The predicted octanol–water partition coefficient (Wildman–Crippen LogP) is 3.33. The van der Waals surface area contributed by atoms with Gasteiger partial charge in [-0.2, -0.15) is 0 Å². The number of nitrogens with zero attached hydrogens (tertiary/aromatic N) is 1. The topological polar surface area (TPSA) is 29.3 Å². The Morgan fingerprint density at radius 1 is 1.32 bits per heavy atom. The van der Waals surface area contributed by atoms with Gasteiger partial charge in [0.25, 0.3) is 0 Å². The van der Waals surface area contributed by atoms with Crippen molar-refractivity contribution in [3.05, 3.63) is 35.4 Å². The lowest BCUT2D eigenvalue weighted by Crippen LogP contribution is -2.51. The zero-order valence-electron chi connectivity index (χ0n) is 12.8. The van der Waals surface area contributed by atoms with Gasteiger partial charge in [-0.1, -0.05) is 38.1 Å². The van der Waals surface area contributed by atoms with E-state index >= 15 is 0 Å². The van der Waals surface area contributed by atoms with Crippen molar-refractivity contribution in [1.82, 2.24) is 4.90 Å². The summed E-state index contributed by atoms with van der Waals surface area (Å²) < 4.78 is 0. The highest BCUT2D eigenvalue weighted by Crippen LogP contribution is 2.36. The summed E-state index contributed by atoms with van der Waals surface area (Å²) in [6, 6.07) is 9.47. The molecule has 1 aliphatic carbocycles. The summed E-state index contributed by atoms with van der Waals surface area (Å²) in [5.74, 6) is 0. The molecule has 1 fully saturated rings. The molecule has 1 aromatic carbocycles. The number of likely N-dealkylation sites (N-methyl/N-ethyl adjacent to an activating group) is 1. The first-order valence-corrected chi connectivity index (χ1v) is 7.39. The number of nitrogens with two attached hydrogens (primary N) is 1. The van der Waals surface area contributed by atoms with E-state index in [1.807, 2.05) is 0 Å². The van der Waals surface area contributed by atoms with Crippen LogP contribution in [0.4, 0.5) is 0 Å². The van der Waals surface area contributed by atoms with E-state index in [0.29, 0.717) is 17.5 Å². The van der Waals surface area contributed by atoms with Crippen LogP contribution in [0.15, 0.2) is 24.3 Å². The smallest absolute Gasteiger partial charge is 0.0252 e. The molecule has 106 valence electrons. The van der Waals surface area contributed by atoms with Crippen molar-refractivity contribution in [2.45, 2.75) is 58.7 Å². The molecular weight excluding hydrogens is 232 g/mol. The van der Waals surface area contributed by atoms with Gasteiger partial charge in [0.15, 0.2) is 0 Å². The maximum Gasteiger partial charge on any atom is 0.0252 e. The molecule has 19 heavy (non-hydrogen) atoms. The minimum Gasteiger partial charge on any atom is -0.326 e. The first-order chi connectivity index (χ1) is 8.89. The minimum absolute atomic E-state index is 0.321. The van der Waals surface area contributed by atoms with E-state index < -0.39 is 0 Å². The molecule has 0 aliphatic heterocycles.